The largest absolute Gasteiger partial charge is 0.376 e. The van der Waals surface area contributed by atoms with Crippen LogP contribution < -0.4 is 0 Å². The molecule has 0 N–H and O–H groups in total. The van der Waals surface area contributed by atoms with Crippen molar-refractivity contribution in [3.8, 4) is 0 Å². The maximum absolute atomic E-state index is 6.16. The highest BCUT2D eigenvalue weighted by Gasteiger charge is 2.44. The van der Waals surface area contributed by atoms with E-state index in [1.165, 1.54) is 51.4 Å². The molecule has 0 spiro atoms. The summed E-state index contributed by atoms with van der Waals surface area (Å²) in [6, 6.07) is 0. The van der Waals surface area contributed by atoms with Gasteiger partial charge in [0.1, 0.15) is 0 Å². The van der Waals surface area contributed by atoms with Gasteiger partial charge in [0.2, 0.25) is 0 Å². The van der Waals surface area contributed by atoms with Crippen LogP contribution in [0.4, 0.5) is 0 Å². The van der Waals surface area contributed by atoms with Crippen LogP contribution in [-0.2, 0) is 18.9 Å². The Morgan fingerprint density at radius 3 is 1.83 bits per heavy atom. The Kier molecular flexibility index (Phi) is 9.74. The molecule has 3 fully saturated rings. The number of rotatable bonds is 10. The molecule has 0 aromatic carbocycles. The first kappa shape index (κ1) is 23.5. The van der Waals surface area contributed by atoms with E-state index in [1.54, 1.807) is 0 Å². The summed E-state index contributed by atoms with van der Waals surface area (Å²) in [7, 11) is 0. The lowest BCUT2D eigenvalue weighted by Crippen LogP contribution is -2.46. The molecule has 0 radical (unpaired) electrons. The summed E-state index contributed by atoms with van der Waals surface area (Å²) in [5, 5.41) is 0. The van der Waals surface area contributed by atoms with E-state index in [2.05, 4.69) is 27.7 Å². The second kappa shape index (κ2) is 12.0. The van der Waals surface area contributed by atoms with E-state index >= 15 is 0 Å². The molecule has 170 valence electrons. The SMILES string of the molecule is CCOC1CCC(CC2CCCC3CC(OCC)C(OCC)CC23)CC1OCC. The third-order valence-electron chi connectivity index (χ3n) is 7.81. The van der Waals surface area contributed by atoms with E-state index < -0.39 is 0 Å². The van der Waals surface area contributed by atoms with Crippen LogP contribution in [0.1, 0.15) is 85.5 Å². The molecule has 3 saturated carbocycles. The van der Waals surface area contributed by atoms with Crippen LogP contribution in [0.25, 0.3) is 0 Å². The second-order valence-electron chi connectivity index (χ2n) is 9.48. The normalized spacial score (nSPS) is 40.6. The maximum atomic E-state index is 6.16. The zero-order valence-corrected chi connectivity index (χ0v) is 19.4. The van der Waals surface area contributed by atoms with Crippen molar-refractivity contribution >= 4 is 0 Å². The molecule has 4 nitrogen and oxygen atoms in total. The predicted molar refractivity (Wildman–Crippen MR) is 117 cm³/mol. The highest BCUT2D eigenvalue weighted by molar-refractivity contribution is 4.94. The Morgan fingerprint density at radius 2 is 1.17 bits per heavy atom. The van der Waals surface area contributed by atoms with Crippen molar-refractivity contribution in [2.45, 2.75) is 110 Å². The minimum Gasteiger partial charge on any atom is -0.376 e. The molecule has 0 aromatic heterocycles. The number of hydrogen-bond donors (Lipinski definition) is 0. The van der Waals surface area contributed by atoms with Gasteiger partial charge in [0.05, 0.1) is 24.4 Å². The molecule has 29 heavy (non-hydrogen) atoms. The Balaban J connectivity index is 1.60. The fraction of sp³-hybridized carbons (Fsp3) is 1.00. The lowest BCUT2D eigenvalue weighted by Gasteiger charge is -2.48. The topological polar surface area (TPSA) is 36.9 Å². The third kappa shape index (κ3) is 6.18. The first-order valence-electron chi connectivity index (χ1n) is 12.7. The van der Waals surface area contributed by atoms with Gasteiger partial charge in [-0.1, -0.05) is 19.3 Å². The van der Waals surface area contributed by atoms with Crippen molar-refractivity contribution in [1.29, 1.82) is 0 Å². The lowest BCUT2D eigenvalue weighted by atomic mass is 9.61. The number of ether oxygens (including phenoxy) is 4. The highest BCUT2D eigenvalue weighted by Crippen LogP contribution is 2.48. The Labute approximate surface area is 179 Å². The van der Waals surface area contributed by atoms with Gasteiger partial charge in [0.25, 0.3) is 0 Å². The fourth-order valence-corrected chi connectivity index (χ4v) is 6.69. The quantitative estimate of drug-likeness (QED) is 0.468. The summed E-state index contributed by atoms with van der Waals surface area (Å²) in [4.78, 5) is 0. The smallest absolute Gasteiger partial charge is 0.0839 e. The van der Waals surface area contributed by atoms with Crippen LogP contribution in [0.2, 0.25) is 0 Å². The van der Waals surface area contributed by atoms with Gasteiger partial charge in [-0.25, -0.2) is 0 Å². The van der Waals surface area contributed by atoms with Crippen LogP contribution in [0.5, 0.6) is 0 Å². The van der Waals surface area contributed by atoms with Crippen LogP contribution in [0.15, 0.2) is 0 Å². The van der Waals surface area contributed by atoms with Gasteiger partial charge in [-0.3, -0.25) is 0 Å². The van der Waals surface area contributed by atoms with E-state index in [0.717, 1.165) is 56.5 Å². The van der Waals surface area contributed by atoms with E-state index in [-0.39, 0.29) is 0 Å². The molecule has 0 bridgehead atoms. The van der Waals surface area contributed by atoms with E-state index in [4.69, 9.17) is 18.9 Å². The van der Waals surface area contributed by atoms with Crippen LogP contribution in [0, 0.1) is 23.7 Å². The van der Waals surface area contributed by atoms with Gasteiger partial charge in [-0.2, -0.15) is 0 Å². The number of hydrogen-bond acceptors (Lipinski definition) is 4. The molecule has 3 rings (SSSR count). The van der Waals surface area contributed by atoms with Gasteiger partial charge in [-0.15, -0.1) is 0 Å². The summed E-state index contributed by atoms with van der Waals surface area (Å²) in [6.45, 7) is 11.7. The maximum Gasteiger partial charge on any atom is 0.0839 e. The lowest BCUT2D eigenvalue weighted by molar-refractivity contribution is -0.129. The van der Waals surface area contributed by atoms with Gasteiger partial charge >= 0.3 is 0 Å². The monoisotopic (exact) mass is 410 g/mol. The second-order valence-corrected chi connectivity index (χ2v) is 9.48. The van der Waals surface area contributed by atoms with Crippen LogP contribution >= 0.6 is 0 Å². The van der Waals surface area contributed by atoms with Gasteiger partial charge in [-0.05, 0) is 89.9 Å². The van der Waals surface area contributed by atoms with Crippen molar-refractivity contribution in [2.75, 3.05) is 26.4 Å². The van der Waals surface area contributed by atoms with Gasteiger partial charge in [0.15, 0.2) is 0 Å². The van der Waals surface area contributed by atoms with Gasteiger partial charge < -0.3 is 18.9 Å². The van der Waals surface area contributed by atoms with Gasteiger partial charge in [0, 0.05) is 26.4 Å². The average molecular weight is 411 g/mol. The van der Waals surface area contributed by atoms with E-state index in [1.807, 2.05) is 0 Å². The highest BCUT2D eigenvalue weighted by atomic mass is 16.5. The first-order valence-corrected chi connectivity index (χ1v) is 12.7. The fourth-order valence-electron chi connectivity index (χ4n) is 6.69. The van der Waals surface area contributed by atoms with Crippen molar-refractivity contribution in [1.82, 2.24) is 0 Å². The summed E-state index contributed by atoms with van der Waals surface area (Å²) in [6.07, 6.45) is 12.8. The first-order chi connectivity index (χ1) is 14.2. The molecule has 8 unspecified atom stereocenters. The summed E-state index contributed by atoms with van der Waals surface area (Å²) < 4.78 is 24.4. The van der Waals surface area contributed by atoms with Crippen molar-refractivity contribution in [3.63, 3.8) is 0 Å². The van der Waals surface area contributed by atoms with Crippen molar-refractivity contribution in [3.05, 3.63) is 0 Å². The minimum absolute atomic E-state index is 0.294. The molecule has 3 aliphatic carbocycles. The number of fused-ring (bicyclic) bond motifs is 1. The predicted octanol–water partition coefficient (Wildman–Crippen LogP) is 5.62. The van der Waals surface area contributed by atoms with E-state index in [0.29, 0.717) is 24.4 Å². The van der Waals surface area contributed by atoms with Crippen LogP contribution in [-0.4, -0.2) is 50.8 Å². The molecule has 0 aromatic rings. The van der Waals surface area contributed by atoms with E-state index in [9.17, 15) is 0 Å². The molecule has 0 heterocycles. The molecular formula is C25H46O4. The van der Waals surface area contributed by atoms with Crippen molar-refractivity contribution < 1.29 is 18.9 Å². The Bertz CT molecular complexity index is 456. The Hall–Kier alpha value is -0.160. The Morgan fingerprint density at radius 1 is 0.586 bits per heavy atom. The van der Waals surface area contributed by atoms with Crippen molar-refractivity contribution in [2.24, 2.45) is 23.7 Å². The molecular weight excluding hydrogens is 364 g/mol. The molecule has 4 heteroatoms. The third-order valence-corrected chi connectivity index (χ3v) is 7.81. The molecule has 0 amide bonds. The summed E-state index contributed by atoms with van der Waals surface area (Å²) in [5.41, 5.74) is 0. The standard InChI is InChI=1S/C25H46O4/c1-5-26-22-13-12-18(15-23(22)27-6-2)14-19-10-9-11-20-16-24(28-7-3)25(29-8-4)17-21(19)20/h18-25H,5-17H2,1-4H3. The summed E-state index contributed by atoms with van der Waals surface area (Å²) >= 11 is 0. The zero-order valence-electron chi connectivity index (χ0n) is 19.4. The molecule has 0 saturated heterocycles. The minimum atomic E-state index is 0.294. The average Bonchev–Trinajstić information content (AvgIpc) is 2.71. The van der Waals surface area contributed by atoms with Crippen LogP contribution in [0.3, 0.4) is 0 Å². The molecule has 0 aliphatic heterocycles. The molecule has 8 atom stereocenters. The molecule has 3 aliphatic rings. The zero-order chi connectivity index (χ0) is 20.6. The summed E-state index contributed by atoms with van der Waals surface area (Å²) in [5.74, 6) is 3.31.